The molecule has 27 heavy (non-hydrogen) atoms. The molecule has 148 valence electrons. The summed E-state index contributed by atoms with van der Waals surface area (Å²) in [5.74, 6) is 0.846. The molecule has 0 bridgehead atoms. The predicted octanol–water partition coefficient (Wildman–Crippen LogP) is 3.61. The number of benzene rings is 1. The smallest absolute Gasteiger partial charge is 0.409 e. The first-order valence-electron chi connectivity index (χ1n) is 10.3. The van der Waals surface area contributed by atoms with Crippen molar-refractivity contribution >= 4 is 12.0 Å². The number of piperazine rings is 1. The molecule has 5 heteroatoms. The second-order valence-corrected chi connectivity index (χ2v) is 8.00. The molecule has 2 amide bonds. The second-order valence-electron chi connectivity index (χ2n) is 8.00. The Morgan fingerprint density at radius 3 is 2.37 bits per heavy atom. The van der Waals surface area contributed by atoms with Crippen LogP contribution in [0.15, 0.2) is 18.2 Å². The van der Waals surface area contributed by atoms with Gasteiger partial charge in [-0.2, -0.15) is 0 Å². The van der Waals surface area contributed by atoms with E-state index in [1.807, 2.05) is 11.8 Å². The number of hydrogen-bond donors (Lipinski definition) is 0. The fourth-order valence-corrected chi connectivity index (χ4v) is 4.23. The van der Waals surface area contributed by atoms with E-state index in [0.29, 0.717) is 45.1 Å². The Morgan fingerprint density at radius 2 is 1.70 bits per heavy atom. The van der Waals surface area contributed by atoms with E-state index >= 15 is 0 Å². The molecule has 1 aromatic carbocycles. The van der Waals surface area contributed by atoms with Crippen molar-refractivity contribution in [2.75, 3.05) is 32.8 Å². The largest absolute Gasteiger partial charge is 0.450 e. The topological polar surface area (TPSA) is 49.9 Å². The second kappa shape index (κ2) is 8.77. The van der Waals surface area contributed by atoms with Crippen LogP contribution in [0, 0.1) is 5.92 Å². The number of aryl methyl sites for hydroxylation is 2. The van der Waals surface area contributed by atoms with E-state index in [1.54, 1.807) is 4.90 Å². The molecule has 5 nitrogen and oxygen atoms in total. The van der Waals surface area contributed by atoms with Crippen molar-refractivity contribution in [3.05, 3.63) is 34.9 Å². The highest BCUT2D eigenvalue weighted by Crippen LogP contribution is 2.32. The van der Waals surface area contributed by atoms with Gasteiger partial charge in [0.05, 0.1) is 6.61 Å². The van der Waals surface area contributed by atoms with E-state index in [0.717, 1.165) is 6.42 Å². The molecular formula is C22H32N2O3. The molecule has 0 spiro atoms. The highest BCUT2D eigenvalue weighted by Gasteiger charge is 2.28. The lowest BCUT2D eigenvalue weighted by Gasteiger charge is -2.35. The van der Waals surface area contributed by atoms with E-state index in [4.69, 9.17) is 4.74 Å². The first-order valence-corrected chi connectivity index (χ1v) is 10.3. The maximum atomic E-state index is 12.9. The van der Waals surface area contributed by atoms with Crippen LogP contribution in [0.25, 0.3) is 0 Å². The molecule has 2 aliphatic rings. The summed E-state index contributed by atoms with van der Waals surface area (Å²) in [5.41, 5.74) is 4.24. The Balaban J connectivity index is 1.60. The van der Waals surface area contributed by atoms with Crippen molar-refractivity contribution in [1.82, 2.24) is 9.80 Å². The van der Waals surface area contributed by atoms with E-state index in [1.165, 1.54) is 29.5 Å². The lowest BCUT2D eigenvalue weighted by molar-refractivity contribution is -0.133. The summed E-state index contributed by atoms with van der Waals surface area (Å²) in [6.07, 6.45) is 3.86. The molecule has 1 atom stereocenters. The lowest BCUT2D eigenvalue weighted by Crippen LogP contribution is -2.51. The zero-order valence-corrected chi connectivity index (χ0v) is 16.9. The standard InChI is InChI=1S/C22H32N2O3/c1-4-27-22(26)24-12-10-23(11-13-24)21(25)15-20(16(2)3)19-9-8-17-6-5-7-18(17)14-19/h8-9,14,16,20H,4-7,10-13,15H2,1-3H3. The van der Waals surface area contributed by atoms with Crippen LogP contribution in [-0.4, -0.2) is 54.6 Å². The third-order valence-corrected chi connectivity index (χ3v) is 5.91. The van der Waals surface area contributed by atoms with Gasteiger partial charge in [0, 0.05) is 32.6 Å². The number of carbonyl (C=O) groups excluding carboxylic acids is 2. The maximum absolute atomic E-state index is 12.9. The Labute approximate surface area is 162 Å². The van der Waals surface area contributed by atoms with Crippen LogP contribution in [0.4, 0.5) is 4.79 Å². The highest BCUT2D eigenvalue weighted by molar-refractivity contribution is 5.77. The first kappa shape index (κ1) is 19.7. The van der Waals surface area contributed by atoms with Crippen LogP contribution in [0.3, 0.4) is 0 Å². The average molecular weight is 373 g/mol. The summed E-state index contributed by atoms with van der Waals surface area (Å²) < 4.78 is 5.05. The van der Waals surface area contributed by atoms with Crippen molar-refractivity contribution < 1.29 is 14.3 Å². The lowest BCUT2D eigenvalue weighted by atomic mass is 9.84. The van der Waals surface area contributed by atoms with Gasteiger partial charge in [-0.1, -0.05) is 32.0 Å². The summed E-state index contributed by atoms with van der Waals surface area (Å²) in [5, 5.41) is 0. The third kappa shape index (κ3) is 4.63. The fraction of sp³-hybridized carbons (Fsp3) is 0.636. The summed E-state index contributed by atoms with van der Waals surface area (Å²) in [7, 11) is 0. The van der Waals surface area contributed by atoms with Gasteiger partial charge in [0.1, 0.15) is 0 Å². The van der Waals surface area contributed by atoms with Gasteiger partial charge < -0.3 is 14.5 Å². The van der Waals surface area contributed by atoms with Gasteiger partial charge in [0.25, 0.3) is 0 Å². The number of hydrogen-bond acceptors (Lipinski definition) is 3. The Bertz CT molecular complexity index is 678. The quantitative estimate of drug-likeness (QED) is 0.793. The molecule has 1 fully saturated rings. The molecule has 1 unspecified atom stereocenters. The van der Waals surface area contributed by atoms with E-state index < -0.39 is 0 Å². The van der Waals surface area contributed by atoms with Crippen molar-refractivity contribution in [3.8, 4) is 0 Å². The monoisotopic (exact) mass is 372 g/mol. The van der Waals surface area contributed by atoms with Crippen LogP contribution in [0.5, 0.6) is 0 Å². The number of ether oxygens (including phenoxy) is 1. The van der Waals surface area contributed by atoms with Crippen LogP contribution < -0.4 is 0 Å². The molecule has 1 aliphatic carbocycles. The number of carbonyl (C=O) groups is 2. The Kier molecular flexibility index (Phi) is 6.40. The van der Waals surface area contributed by atoms with Gasteiger partial charge >= 0.3 is 6.09 Å². The molecule has 0 aromatic heterocycles. The van der Waals surface area contributed by atoms with Crippen LogP contribution >= 0.6 is 0 Å². The minimum Gasteiger partial charge on any atom is -0.450 e. The number of amides is 2. The third-order valence-electron chi connectivity index (χ3n) is 5.91. The minimum absolute atomic E-state index is 0.192. The zero-order valence-electron chi connectivity index (χ0n) is 16.9. The number of fused-ring (bicyclic) bond motifs is 1. The van der Waals surface area contributed by atoms with Crippen LogP contribution in [-0.2, 0) is 22.4 Å². The van der Waals surface area contributed by atoms with Gasteiger partial charge in [-0.25, -0.2) is 4.79 Å². The molecule has 0 radical (unpaired) electrons. The molecule has 0 saturated carbocycles. The molecule has 3 rings (SSSR count). The van der Waals surface area contributed by atoms with E-state index in [9.17, 15) is 9.59 Å². The summed E-state index contributed by atoms with van der Waals surface area (Å²) in [6, 6.07) is 6.81. The van der Waals surface area contributed by atoms with Gasteiger partial charge in [0.15, 0.2) is 0 Å². The van der Waals surface area contributed by atoms with Crippen molar-refractivity contribution in [2.45, 2.75) is 52.4 Å². The van der Waals surface area contributed by atoms with Crippen LogP contribution in [0.1, 0.15) is 56.2 Å². The summed E-state index contributed by atoms with van der Waals surface area (Å²) in [6.45, 7) is 8.87. The summed E-state index contributed by atoms with van der Waals surface area (Å²) >= 11 is 0. The van der Waals surface area contributed by atoms with Crippen molar-refractivity contribution in [3.63, 3.8) is 0 Å². The molecule has 1 heterocycles. The Morgan fingerprint density at radius 1 is 1.04 bits per heavy atom. The fourth-order valence-electron chi connectivity index (χ4n) is 4.23. The first-order chi connectivity index (χ1) is 13.0. The SMILES string of the molecule is CCOC(=O)N1CCN(C(=O)CC(c2ccc3c(c2)CCC3)C(C)C)CC1. The molecule has 0 N–H and O–H groups in total. The number of rotatable bonds is 5. The highest BCUT2D eigenvalue weighted by atomic mass is 16.6. The molecule has 1 aromatic rings. The summed E-state index contributed by atoms with van der Waals surface area (Å²) in [4.78, 5) is 28.3. The van der Waals surface area contributed by atoms with Crippen molar-refractivity contribution in [2.24, 2.45) is 5.92 Å². The normalized spacial score (nSPS) is 17.8. The van der Waals surface area contributed by atoms with E-state index in [-0.39, 0.29) is 17.9 Å². The van der Waals surface area contributed by atoms with Gasteiger partial charge in [-0.05, 0) is 54.7 Å². The van der Waals surface area contributed by atoms with Gasteiger partial charge in [-0.3, -0.25) is 4.79 Å². The maximum Gasteiger partial charge on any atom is 0.409 e. The Hall–Kier alpha value is -2.04. The number of nitrogens with zero attached hydrogens (tertiary/aromatic N) is 2. The molecular weight excluding hydrogens is 340 g/mol. The average Bonchev–Trinajstić information content (AvgIpc) is 3.13. The minimum atomic E-state index is -0.275. The van der Waals surface area contributed by atoms with Gasteiger partial charge in [0.2, 0.25) is 5.91 Å². The predicted molar refractivity (Wildman–Crippen MR) is 106 cm³/mol. The van der Waals surface area contributed by atoms with Crippen molar-refractivity contribution in [1.29, 1.82) is 0 Å². The zero-order chi connectivity index (χ0) is 19.4. The molecule has 1 aliphatic heterocycles. The van der Waals surface area contributed by atoms with Gasteiger partial charge in [-0.15, -0.1) is 0 Å². The van der Waals surface area contributed by atoms with E-state index in [2.05, 4.69) is 32.0 Å². The molecule has 1 saturated heterocycles. The van der Waals surface area contributed by atoms with Crippen LogP contribution in [0.2, 0.25) is 0 Å².